The molecule has 0 aromatic carbocycles. The van der Waals surface area contributed by atoms with Gasteiger partial charge < -0.3 is 15.3 Å². The molecule has 22 heavy (non-hydrogen) atoms. The second kappa shape index (κ2) is 7.48. The normalized spacial score (nSPS) is 17.7. The van der Waals surface area contributed by atoms with E-state index in [-0.39, 0.29) is 17.4 Å². The van der Waals surface area contributed by atoms with Crippen LogP contribution in [0, 0.1) is 5.92 Å². The Morgan fingerprint density at radius 3 is 2.59 bits per heavy atom. The molecule has 0 unspecified atom stereocenters. The van der Waals surface area contributed by atoms with Crippen molar-refractivity contribution < 1.29 is 18.3 Å². The third kappa shape index (κ3) is 4.72. The van der Waals surface area contributed by atoms with Gasteiger partial charge in [0.15, 0.2) is 0 Å². The largest absolute Gasteiger partial charge is 0.417 e. The first-order valence-corrected chi connectivity index (χ1v) is 7.57. The Balaban J connectivity index is 1.85. The SMILES string of the molecule is OCCN1CCC(CNc2ncc(C(F)(F)F)cc2Cl)CC1. The van der Waals surface area contributed by atoms with Gasteiger partial charge in [-0.2, -0.15) is 13.2 Å². The minimum atomic E-state index is -4.44. The van der Waals surface area contributed by atoms with Gasteiger partial charge in [0.05, 0.1) is 17.2 Å². The Hall–Kier alpha value is -1.05. The zero-order valence-electron chi connectivity index (χ0n) is 12.0. The predicted molar refractivity (Wildman–Crippen MR) is 79.0 cm³/mol. The topological polar surface area (TPSA) is 48.4 Å². The number of halogens is 4. The highest BCUT2D eigenvalue weighted by molar-refractivity contribution is 6.32. The molecule has 0 bridgehead atoms. The van der Waals surface area contributed by atoms with E-state index in [0.717, 1.165) is 38.2 Å². The minimum absolute atomic E-state index is 0.0208. The van der Waals surface area contributed by atoms with Gasteiger partial charge in [-0.05, 0) is 37.9 Å². The Bertz CT molecular complexity index is 491. The third-order valence-electron chi connectivity index (χ3n) is 3.85. The molecule has 0 amide bonds. The van der Waals surface area contributed by atoms with Crippen LogP contribution in [0.5, 0.6) is 0 Å². The monoisotopic (exact) mass is 337 g/mol. The third-order valence-corrected chi connectivity index (χ3v) is 4.14. The summed E-state index contributed by atoms with van der Waals surface area (Å²) in [6, 6.07) is 0.890. The van der Waals surface area contributed by atoms with Crippen LogP contribution in [0.2, 0.25) is 5.02 Å². The van der Waals surface area contributed by atoms with Crippen molar-refractivity contribution in [1.29, 1.82) is 0 Å². The number of nitrogens with zero attached hydrogens (tertiary/aromatic N) is 2. The zero-order chi connectivity index (χ0) is 16.2. The number of piperidine rings is 1. The average Bonchev–Trinajstić information content (AvgIpc) is 2.47. The van der Waals surface area contributed by atoms with E-state index in [2.05, 4.69) is 15.2 Å². The number of pyridine rings is 1. The molecule has 0 radical (unpaired) electrons. The Morgan fingerprint density at radius 1 is 1.36 bits per heavy atom. The quantitative estimate of drug-likeness (QED) is 0.867. The van der Waals surface area contributed by atoms with Crippen molar-refractivity contribution >= 4 is 17.4 Å². The number of anilines is 1. The van der Waals surface area contributed by atoms with Crippen LogP contribution in [0.4, 0.5) is 19.0 Å². The molecule has 0 saturated carbocycles. The molecular weight excluding hydrogens is 319 g/mol. The summed E-state index contributed by atoms with van der Waals surface area (Å²) in [6.45, 7) is 3.31. The molecule has 1 fully saturated rings. The van der Waals surface area contributed by atoms with E-state index in [1.54, 1.807) is 0 Å². The standard InChI is InChI=1S/C14H19ClF3N3O/c15-12-7-11(14(16,17)18)9-20-13(12)19-8-10-1-3-21(4-2-10)5-6-22/h7,9-10,22H,1-6,8H2,(H,19,20). The van der Waals surface area contributed by atoms with Crippen LogP contribution in [0.1, 0.15) is 18.4 Å². The predicted octanol–water partition coefficient (Wildman–Crippen LogP) is 2.87. The number of hydrogen-bond acceptors (Lipinski definition) is 4. The van der Waals surface area contributed by atoms with E-state index in [9.17, 15) is 13.2 Å². The maximum absolute atomic E-state index is 12.5. The Labute approximate surface area is 132 Å². The van der Waals surface area contributed by atoms with Crippen LogP contribution in [0.15, 0.2) is 12.3 Å². The average molecular weight is 338 g/mol. The smallest absolute Gasteiger partial charge is 0.395 e. The van der Waals surface area contributed by atoms with Gasteiger partial charge >= 0.3 is 6.18 Å². The molecule has 0 spiro atoms. The molecule has 1 aromatic heterocycles. The van der Waals surface area contributed by atoms with E-state index in [1.165, 1.54) is 0 Å². The second-order valence-electron chi connectivity index (χ2n) is 5.44. The molecule has 124 valence electrons. The van der Waals surface area contributed by atoms with Crippen LogP contribution in [-0.4, -0.2) is 47.8 Å². The number of aromatic nitrogens is 1. The lowest BCUT2D eigenvalue weighted by atomic mass is 9.97. The van der Waals surface area contributed by atoms with Crippen LogP contribution in [0.25, 0.3) is 0 Å². The van der Waals surface area contributed by atoms with Crippen molar-refractivity contribution in [1.82, 2.24) is 9.88 Å². The van der Waals surface area contributed by atoms with Gasteiger partial charge in [-0.15, -0.1) is 0 Å². The van der Waals surface area contributed by atoms with Gasteiger partial charge in [-0.1, -0.05) is 11.6 Å². The van der Waals surface area contributed by atoms with Crippen LogP contribution in [0.3, 0.4) is 0 Å². The number of β-amino-alcohol motifs (C(OH)–C–C–N with tert-alkyl or cyclic N) is 1. The summed E-state index contributed by atoms with van der Waals surface area (Å²) < 4.78 is 37.6. The second-order valence-corrected chi connectivity index (χ2v) is 5.85. The number of aliphatic hydroxyl groups excluding tert-OH is 1. The summed E-state index contributed by atoms with van der Waals surface area (Å²) in [5.41, 5.74) is -0.847. The number of alkyl halides is 3. The highest BCUT2D eigenvalue weighted by atomic mass is 35.5. The van der Waals surface area contributed by atoms with Crippen LogP contribution < -0.4 is 5.32 Å². The van der Waals surface area contributed by atoms with Gasteiger partial charge in [0, 0.05) is 19.3 Å². The van der Waals surface area contributed by atoms with Crippen molar-refractivity contribution in [2.75, 3.05) is 38.1 Å². The zero-order valence-corrected chi connectivity index (χ0v) is 12.8. The molecule has 2 heterocycles. The molecule has 0 atom stereocenters. The molecule has 2 N–H and O–H groups in total. The molecule has 1 saturated heterocycles. The summed E-state index contributed by atoms with van der Waals surface area (Å²) in [6.07, 6.45) is -1.69. The lowest BCUT2D eigenvalue weighted by molar-refractivity contribution is -0.137. The molecule has 8 heteroatoms. The molecule has 1 aliphatic rings. The van der Waals surface area contributed by atoms with Crippen molar-refractivity contribution in [3.8, 4) is 0 Å². The van der Waals surface area contributed by atoms with Crippen LogP contribution >= 0.6 is 11.6 Å². The lowest BCUT2D eigenvalue weighted by Gasteiger charge is -2.31. The summed E-state index contributed by atoms with van der Waals surface area (Å²) in [7, 11) is 0. The van der Waals surface area contributed by atoms with E-state index in [4.69, 9.17) is 16.7 Å². The summed E-state index contributed by atoms with van der Waals surface area (Å²) in [4.78, 5) is 5.96. The fraction of sp³-hybridized carbons (Fsp3) is 0.643. The molecule has 0 aliphatic carbocycles. The molecule has 2 rings (SSSR count). The summed E-state index contributed by atoms with van der Waals surface area (Å²) in [5.74, 6) is 0.711. The van der Waals surface area contributed by atoms with Crippen molar-refractivity contribution in [3.05, 3.63) is 22.8 Å². The first-order valence-electron chi connectivity index (χ1n) is 7.20. The fourth-order valence-electron chi connectivity index (χ4n) is 2.52. The van der Waals surface area contributed by atoms with E-state index >= 15 is 0 Å². The lowest BCUT2D eigenvalue weighted by Crippen LogP contribution is -2.37. The number of nitrogens with one attached hydrogen (secondary N) is 1. The fourth-order valence-corrected chi connectivity index (χ4v) is 2.75. The van der Waals surface area contributed by atoms with Gasteiger partial charge in [0.1, 0.15) is 5.82 Å². The number of hydrogen-bond donors (Lipinski definition) is 2. The Kier molecular flexibility index (Phi) is 5.88. The highest BCUT2D eigenvalue weighted by Crippen LogP contribution is 2.32. The van der Waals surface area contributed by atoms with E-state index in [0.29, 0.717) is 19.0 Å². The molecular formula is C14H19ClF3N3O. The molecule has 1 aliphatic heterocycles. The number of rotatable bonds is 5. The van der Waals surface area contributed by atoms with Crippen molar-refractivity contribution in [2.24, 2.45) is 5.92 Å². The maximum Gasteiger partial charge on any atom is 0.417 e. The van der Waals surface area contributed by atoms with Gasteiger partial charge in [-0.25, -0.2) is 4.98 Å². The first kappa shape index (κ1) is 17.3. The molecule has 4 nitrogen and oxygen atoms in total. The van der Waals surface area contributed by atoms with E-state index in [1.807, 2.05) is 0 Å². The summed E-state index contributed by atoms with van der Waals surface area (Å²) >= 11 is 5.86. The maximum atomic E-state index is 12.5. The van der Waals surface area contributed by atoms with Gasteiger partial charge in [0.25, 0.3) is 0 Å². The van der Waals surface area contributed by atoms with Crippen LogP contribution in [-0.2, 0) is 6.18 Å². The summed E-state index contributed by atoms with van der Waals surface area (Å²) in [5, 5.41) is 11.9. The van der Waals surface area contributed by atoms with Crippen molar-refractivity contribution in [2.45, 2.75) is 19.0 Å². The van der Waals surface area contributed by atoms with E-state index < -0.39 is 11.7 Å². The Morgan fingerprint density at radius 2 is 2.05 bits per heavy atom. The van der Waals surface area contributed by atoms with Gasteiger partial charge in [0.2, 0.25) is 0 Å². The number of likely N-dealkylation sites (tertiary alicyclic amines) is 1. The molecule has 1 aromatic rings. The van der Waals surface area contributed by atoms with Gasteiger partial charge in [-0.3, -0.25) is 0 Å². The first-order chi connectivity index (χ1) is 10.4. The highest BCUT2D eigenvalue weighted by Gasteiger charge is 2.31. The van der Waals surface area contributed by atoms with Crippen molar-refractivity contribution in [3.63, 3.8) is 0 Å². The number of aliphatic hydroxyl groups is 1. The minimum Gasteiger partial charge on any atom is -0.395 e.